The van der Waals surface area contributed by atoms with Gasteiger partial charge in [0.05, 0.1) is 17.8 Å². The van der Waals surface area contributed by atoms with Gasteiger partial charge in [0.1, 0.15) is 23.2 Å². The number of nitriles is 1. The summed E-state index contributed by atoms with van der Waals surface area (Å²) < 4.78 is 39.0. The number of carbonyl (C=O) groups is 1. The lowest BCUT2D eigenvalue weighted by Gasteiger charge is -2.02. The van der Waals surface area contributed by atoms with Crippen molar-refractivity contribution in [2.24, 2.45) is 5.92 Å². The molecule has 0 aliphatic heterocycles. The van der Waals surface area contributed by atoms with Crippen molar-refractivity contribution >= 4 is 50.2 Å². The van der Waals surface area contributed by atoms with Crippen LogP contribution in [0.4, 0.5) is 5.13 Å². The highest BCUT2D eigenvalue weighted by Gasteiger charge is 2.23. The Kier molecular flexibility index (Phi) is 7.32. The topological polar surface area (TPSA) is 139 Å². The summed E-state index contributed by atoms with van der Waals surface area (Å²) in [6, 6.07) is 8.81. The summed E-state index contributed by atoms with van der Waals surface area (Å²) in [4.78, 5) is 16.3. The maximum atomic E-state index is 12.4. The molecule has 31 heavy (non-hydrogen) atoms. The Morgan fingerprint density at radius 3 is 2.87 bits per heavy atom. The molecular formula is C19H18N4O5S3. The maximum Gasteiger partial charge on any atom is 0.268 e. The first-order valence-electron chi connectivity index (χ1n) is 9.01. The number of carbonyl (C=O) groups excluding carboxylic acids is 1. The number of aromatic nitrogens is 2. The van der Waals surface area contributed by atoms with Crippen molar-refractivity contribution in [1.82, 2.24) is 9.36 Å². The standard InChI is InChI=1S/C19H18N4O5S3/c1-12(2)11-31(25,26)19-22-18(30-23-19)21-17(24)13(9-20)8-14-5-6-16(28-14)29-10-15-4-3-7-27-15/h3-8,12H,10-11H2,1-2H3,(H,21,22,23,24). The minimum Gasteiger partial charge on any atom is -0.468 e. The van der Waals surface area contributed by atoms with E-state index in [9.17, 15) is 18.5 Å². The molecule has 0 bridgehead atoms. The quantitative estimate of drug-likeness (QED) is 0.275. The van der Waals surface area contributed by atoms with Gasteiger partial charge in [-0.25, -0.2) is 8.42 Å². The number of nitrogens with one attached hydrogen (secondary N) is 1. The summed E-state index contributed by atoms with van der Waals surface area (Å²) in [5.41, 5.74) is -0.223. The second-order valence-electron chi connectivity index (χ2n) is 6.71. The van der Waals surface area contributed by atoms with E-state index in [-0.39, 0.29) is 27.5 Å². The average Bonchev–Trinajstić information content (AvgIpc) is 3.45. The van der Waals surface area contributed by atoms with Gasteiger partial charge in [0, 0.05) is 17.6 Å². The normalized spacial score (nSPS) is 12.1. The largest absolute Gasteiger partial charge is 0.468 e. The molecule has 0 unspecified atom stereocenters. The van der Waals surface area contributed by atoms with Crippen LogP contribution in [0, 0.1) is 17.2 Å². The zero-order valence-electron chi connectivity index (χ0n) is 16.6. The number of hydrogen-bond donors (Lipinski definition) is 1. The first-order valence-corrected chi connectivity index (χ1v) is 12.4. The van der Waals surface area contributed by atoms with Gasteiger partial charge in [-0.2, -0.15) is 14.6 Å². The van der Waals surface area contributed by atoms with E-state index in [2.05, 4.69) is 14.7 Å². The predicted octanol–water partition coefficient (Wildman–Crippen LogP) is 3.99. The summed E-state index contributed by atoms with van der Waals surface area (Å²) in [6.07, 6.45) is 2.88. The number of sulfone groups is 1. The Labute approximate surface area is 187 Å². The van der Waals surface area contributed by atoms with Crippen LogP contribution >= 0.6 is 23.3 Å². The highest BCUT2D eigenvalue weighted by atomic mass is 32.2. The van der Waals surface area contributed by atoms with Crippen molar-refractivity contribution in [2.75, 3.05) is 11.1 Å². The first-order chi connectivity index (χ1) is 14.8. The molecule has 9 nitrogen and oxygen atoms in total. The van der Waals surface area contributed by atoms with Gasteiger partial charge in [0.15, 0.2) is 5.09 Å². The molecule has 0 atom stereocenters. The third-order valence-corrected chi connectivity index (χ3v) is 7.17. The van der Waals surface area contributed by atoms with E-state index in [0.717, 1.165) is 17.3 Å². The molecule has 0 fully saturated rings. The summed E-state index contributed by atoms with van der Waals surface area (Å²) >= 11 is 2.14. The highest BCUT2D eigenvalue weighted by molar-refractivity contribution is 7.98. The van der Waals surface area contributed by atoms with Crippen LogP contribution in [-0.4, -0.2) is 29.4 Å². The van der Waals surface area contributed by atoms with Crippen LogP contribution in [0.1, 0.15) is 25.4 Å². The Bertz CT molecular complexity index is 1220. The van der Waals surface area contributed by atoms with Gasteiger partial charge in [-0.15, -0.1) is 0 Å². The Balaban J connectivity index is 1.65. The molecule has 0 radical (unpaired) electrons. The SMILES string of the molecule is CC(C)CS(=O)(=O)c1nsc(NC(=O)C(C#N)=Cc2ccc(SCc3ccco3)o2)n1. The van der Waals surface area contributed by atoms with Gasteiger partial charge < -0.3 is 8.83 Å². The summed E-state index contributed by atoms with van der Waals surface area (Å²) in [5.74, 6) is 0.768. The number of amides is 1. The van der Waals surface area contributed by atoms with E-state index in [0.29, 0.717) is 16.6 Å². The third kappa shape index (κ3) is 6.30. The fourth-order valence-electron chi connectivity index (χ4n) is 2.38. The Morgan fingerprint density at radius 1 is 1.39 bits per heavy atom. The van der Waals surface area contributed by atoms with Crippen molar-refractivity contribution < 1.29 is 22.0 Å². The number of anilines is 1. The lowest BCUT2D eigenvalue weighted by molar-refractivity contribution is -0.112. The Morgan fingerprint density at radius 2 is 2.19 bits per heavy atom. The average molecular weight is 479 g/mol. The highest BCUT2D eigenvalue weighted by Crippen LogP contribution is 2.26. The number of thioether (sulfide) groups is 1. The molecular weight excluding hydrogens is 460 g/mol. The van der Waals surface area contributed by atoms with Gasteiger partial charge in [-0.3, -0.25) is 10.1 Å². The van der Waals surface area contributed by atoms with E-state index >= 15 is 0 Å². The van der Waals surface area contributed by atoms with Crippen LogP contribution in [-0.2, 0) is 20.4 Å². The van der Waals surface area contributed by atoms with Crippen molar-refractivity contribution in [3.63, 3.8) is 0 Å². The fourth-order valence-corrected chi connectivity index (χ4v) is 5.50. The van der Waals surface area contributed by atoms with Crippen LogP contribution in [0.15, 0.2) is 55.2 Å². The molecule has 162 valence electrons. The van der Waals surface area contributed by atoms with Crippen molar-refractivity contribution in [1.29, 1.82) is 5.26 Å². The monoisotopic (exact) mass is 478 g/mol. The fraction of sp³-hybridized carbons (Fsp3) is 0.263. The second kappa shape index (κ2) is 9.95. The van der Waals surface area contributed by atoms with E-state index in [1.165, 1.54) is 17.8 Å². The van der Waals surface area contributed by atoms with Crippen molar-refractivity contribution in [3.8, 4) is 6.07 Å². The molecule has 3 aromatic heterocycles. The molecule has 0 saturated carbocycles. The summed E-state index contributed by atoms with van der Waals surface area (Å²) in [6.45, 7) is 3.54. The molecule has 0 aliphatic rings. The zero-order chi connectivity index (χ0) is 22.4. The molecule has 3 aromatic rings. The molecule has 0 spiro atoms. The van der Waals surface area contributed by atoms with Crippen molar-refractivity contribution in [2.45, 2.75) is 29.8 Å². The molecule has 0 aromatic carbocycles. The van der Waals surface area contributed by atoms with Crippen LogP contribution in [0.3, 0.4) is 0 Å². The lowest BCUT2D eigenvalue weighted by atomic mass is 10.2. The van der Waals surface area contributed by atoms with Crippen molar-refractivity contribution in [3.05, 3.63) is 47.6 Å². The molecule has 3 heterocycles. The van der Waals surface area contributed by atoms with Crippen LogP contribution in [0.2, 0.25) is 0 Å². The molecule has 1 amide bonds. The first kappa shape index (κ1) is 22.8. The molecule has 0 saturated heterocycles. The van der Waals surface area contributed by atoms with Crippen LogP contribution in [0.25, 0.3) is 6.08 Å². The van der Waals surface area contributed by atoms with Gasteiger partial charge in [-0.1, -0.05) is 25.6 Å². The summed E-state index contributed by atoms with van der Waals surface area (Å²) in [5, 5.41) is 12.0. The molecule has 0 aliphatic carbocycles. The molecule has 1 N–H and O–H groups in total. The number of nitrogens with zero attached hydrogens (tertiary/aromatic N) is 3. The van der Waals surface area contributed by atoms with E-state index in [4.69, 9.17) is 8.83 Å². The minimum absolute atomic E-state index is 0.0115. The maximum absolute atomic E-state index is 12.4. The van der Waals surface area contributed by atoms with Gasteiger partial charge in [-0.05, 0) is 30.2 Å². The van der Waals surface area contributed by atoms with Crippen LogP contribution < -0.4 is 5.32 Å². The third-order valence-electron chi connectivity index (χ3n) is 3.65. The molecule has 12 heteroatoms. The van der Waals surface area contributed by atoms with Crippen LogP contribution in [0.5, 0.6) is 0 Å². The smallest absolute Gasteiger partial charge is 0.268 e. The van der Waals surface area contributed by atoms with E-state index in [1.54, 1.807) is 44.4 Å². The number of furan rings is 2. The van der Waals surface area contributed by atoms with Gasteiger partial charge in [0.25, 0.3) is 11.1 Å². The minimum atomic E-state index is -3.63. The van der Waals surface area contributed by atoms with Gasteiger partial charge >= 0.3 is 0 Å². The van der Waals surface area contributed by atoms with E-state index in [1.807, 2.05) is 6.07 Å². The van der Waals surface area contributed by atoms with Gasteiger partial charge in [0.2, 0.25) is 15.0 Å². The summed E-state index contributed by atoms with van der Waals surface area (Å²) in [7, 11) is -3.63. The number of hydrogen-bond acceptors (Lipinski definition) is 10. The molecule has 3 rings (SSSR count). The predicted molar refractivity (Wildman–Crippen MR) is 116 cm³/mol. The van der Waals surface area contributed by atoms with E-state index < -0.39 is 15.7 Å². The zero-order valence-corrected chi connectivity index (χ0v) is 19.0. The lowest BCUT2D eigenvalue weighted by Crippen LogP contribution is -2.15. The number of rotatable bonds is 9. The second-order valence-corrected chi connectivity index (χ2v) is 10.4. The Hall–Kier alpha value is -2.88.